The molecule has 0 unspecified atom stereocenters. The van der Waals surface area contributed by atoms with Crippen molar-refractivity contribution >= 4 is 29.2 Å². The number of carbonyl (C=O) groups excluding carboxylic acids is 2. The largest absolute Gasteiger partial charge is 0.462 e. The van der Waals surface area contributed by atoms with Gasteiger partial charge in [-0.15, -0.1) is 0 Å². The van der Waals surface area contributed by atoms with Gasteiger partial charge in [0.15, 0.2) is 0 Å². The molecule has 0 atom stereocenters. The Hall–Kier alpha value is -2.33. The van der Waals surface area contributed by atoms with Gasteiger partial charge in [-0.05, 0) is 43.2 Å². The molecule has 1 N–H and O–H groups in total. The maximum Gasteiger partial charge on any atom is 0.340 e. The molecule has 0 saturated carbocycles. The molecule has 0 heterocycles. The molecule has 2 rings (SSSR count). The van der Waals surface area contributed by atoms with Crippen LogP contribution in [0.1, 0.15) is 29.3 Å². The van der Waals surface area contributed by atoms with E-state index in [1.54, 1.807) is 43.3 Å². The molecule has 5 heteroatoms. The van der Waals surface area contributed by atoms with Gasteiger partial charge in [-0.2, -0.15) is 0 Å². The second kappa shape index (κ2) is 8.34. The lowest BCUT2D eigenvalue weighted by molar-refractivity contribution is -0.116. The quantitative estimate of drug-likeness (QED) is 0.811. The normalized spacial score (nSPS) is 10.2. The van der Waals surface area contributed by atoms with Crippen molar-refractivity contribution in [2.75, 3.05) is 11.9 Å². The Bertz CT molecular complexity index is 683. The molecule has 23 heavy (non-hydrogen) atoms. The third kappa shape index (κ3) is 5.11. The highest BCUT2D eigenvalue weighted by molar-refractivity contribution is 6.30. The fraction of sp³-hybridized carbons (Fsp3) is 0.222. The van der Waals surface area contributed by atoms with Gasteiger partial charge in [0.05, 0.1) is 17.9 Å². The molecule has 0 fully saturated rings. The average molecular weight is 332 g/mol. The van der Waals surface area contributed by atoms with Gasteiger partial charge in [-0.25, -0.2) is 4.79 Å². The molecule has 4 nitrogen and oxygen atoms in total. The summed E-state index contributed by atoms with van der Waals surface area (Å²) in [6.07, 6.45) is 0.920. The SMILES string of the molecule is CCOC(=O)c1ccccc1NC(=O)CCc1ccc(Cl)cc1. The van der Waals surface area contributed by atoms with Crippen LogP contribution in [0.25, 0.3) is 0 Å². The van der Waals surface area contributed by atoms with Crippen LogP contribution in [0, 0.1) is 0 Å². The number of nitrogens with one attached hydrogen (secondary N) is 1. The molecule has 1 amide bonds. The summed E-state index contributed by atoms with van der Waals surface area (Å²) in [5.41, 5.74) is 1.85. The zero-order valence-corrected chi connectivity index (χ0v) is 13.6. The summed E-state index contributed by atoms with van der Waals surface area (Å²) in [6, 6.07) is 14.2. The Kier molecular flexibility index (Phi) is 6.18. The lowest BCUT2D eigenvalue weighted by Crippen LogP contribution is -2.16. The van der Waals surface area contributed by atoms with Gasteiger partial charge in [0.1, 0.15) is 0 Å². The predicted molar refractivity (Wildman–Crippen MR) is 90.8 cm³/mol. The molecule has 0 bridgehead atoms. The molecule has 0 radical (unpaired) electrons. The lowest BCUT2D eigenvalue weighted by Gasteiger charge is -2.10. The van der Waals surface area contributed by atoms with E-state index in [1.165, 1.54) is 0 Å². The Labute approximate surface area is 140 Å². The minimum Gasteiger partial charge on any atom is -0.462 e. The van der Waals surface area contributed by atoms with Crippen LogP contribution in [0.5, 0.6) is 0 Å². The fourth-order valence-corrected chi connectivity index (χ4v) is 2.23. The van der Waals surface area contributed by atoms with E-state index in [2.05, 4.69) is 5.32 Å². The summed E-state index contributed by atoms with van der Waals surface area (Å²) in [7, 11) is 0. The molecule has 0 saturated heterocycles. The number of amides is 1. The van der Waals surface area contributed by atoms with E-state index in [9.17, 15) is 9.59 Å². The molecular weight excluding hydrogens is 314 g/mol. The third-order valence-electron chi connectivity index (χ3n) is 3.25. The topological polar surface area (TPSA) is 55.4 Å². The first-order valence-electron chi connectivity index (χ1n) is 7.40. The number of benzene rings is 2. The summed E-state index contributed by atoms with van der Waals surface area (Å²) in [6.45, 7) is 2.03. The number of para-hydroxylation sites is 1. The summed E-state index contributed by atoms with van der Waals surface area (Å²) in [5.74, 6) is -0.599. The minimum atomic E-state index is -0.443. The van der Waals surface area contributed by atoms with Crippen LogP contribution >= 0.6 is 11.6 Å². The van der Waals surface area contributed by atoms with Crippen LogP contribution in [-0.4, -0.2) is 18.5 Å². The smallest absolute Gasteiger partial charge is 0.340 e. The van der Waals surface area contributed by atoms with Crippen molar-refractivity contribution in [3.63, 3.8) is 0 Å². The molecule has 2 aromatic rings. The Morgan fingerprint density at radius 2 is 1.78 bits per heavy atom. The second-order valence-corrected chi connectivity index (χ2v) is 5.38. The highest BCUT2D eigenvalue weighted by Crippen LogP contribution is 2.17. The van der Waals surface area contributed by atoms with Crippen molar-refractivity contribution in [2.24, 2.45) is 0 Å². The van der Waals surface area contributed by atoms with Crippen LogP contribution in [0.2, 0.25) is 5.02 Å². The number of ether oxygens (including phenoxy) is 1. The molecule has 0 aliphatic heterocycles. The lowest BCUT2D eigenvalue weighted by atomic mass is 10.1. The van der Waals surface area contributed by atoms with Crippen molar-refractivity contribution in [2.45, 2.75) is 19.8 Å². The van der Waals surface area contributed by atoms with E-state index in [1.807, 2.05) is 12.1 Å². The van der Waals surface area contributed by atoms with E-state index >= 15 is 0 Å². The Morgan fingerprint density at radius 1 is 1.09 bits per heavy atom. The van der Waals surface area contributed by atoms with Crippen LogP contribution in [0.3, 0.4) is 0 Å². The van der Waals surface area contributed by atoms with Gasteiger partial charge in [0.25, 0.3) is 0 Å². The number of hydrogen-bond donors (Lipinski definition) is 1. The maximum atomic E-state index is 12.1. The number of anilines is 1. The standard InChI is InChI=1S/C18H18ClNO3/c1-2-23-18(22)15-5-3-4-6-16(15)20-17(21)12-9-13-7-10-14(19)11-8-13/h3-8,10-11H,2,9,12H2,1H3,(H,20,21). The number of hydrogen-bond acceptors (Lipinski definition) is 3. The van der Waals surface area contributed by atoms with Crippen LogP contribution < -0.4 is 5.32 Å². The number of halogens is 1. The van der Waals surface area contributed by atoms with Gasteiger partial charge in [0, 0.05) is 11.4 Å². The zero-order valence-electron chi connectivity index (χ0n) is 12.8. The molecule has 0 aromatic heterocycles. The maximum absolute atomic E-state index is 12.1. The van der Waals surface area contributed by atoms with E-state index < -0.39 is 5.97 Å². The highest BCUT2D eigenvalue weighted by atomic mass is 35.5. The van der Waals surface area contributed by atoms with Crippen molar-refractivity contribution in [3.8, 4) is 0 Å². The Balaban J connectivity index is 1.97. The van der Waals surface area contributed by atoms with E-state index in [0.717, 1.165) is 5.56 Å². The summed E-state index contributed by atoms with van der Waals surface area (Å²) in [4.78, 5) is 24.0. The monoisotopic (exact) mass is 331 g/mol. The second-order valence-electron chi connectivity index (χ2n) is 4.94. The van der Waals surface area contributed by atoms with Crippen molar-refractivity contribution in [3.05, 3.63) is 64.7 Å². The predicted octanol–water partition coefficient (Wildman–Crippen LogP) is 4.09. The molecule has 2 aromatic carbocycles. The molecule has 0 aliphatic carbocycles. The van der Waals surface area contributed by atoms with E-state index in [-0.39, 0.29) is 12.5 Å². The number of esters is 1. The summed E-state index contributed by atoms with van der Waals surface area (Å²) >= 11 is 5.83. The molecule has 0 aliphatic rings. The molecular formula is C18H18ClNO3. The van der Waals surface area contributed by atoms with Gasteiger partial charge >= 0.3 is 5.97 Å². The average Bonchev–Trinajstić information content (AvgIpc) is 2.55. The molecule has 120 valence electrons. The van der Waals surface area contributed by atoms with Crippen LogP contribution in [-0.2, 0) is 16.0 Å². The number of rotatable bonds is 6. The first-order valence-corrected chi connectivity index (χ1v) is 7.78. The Morgan fingerprint density at radius 3 is 2.48 bits per heavy atom. The number of carbonyl (C=O) groups is 2. The minimum absolute atomic E-state index is 0.156. The first-order chi connectivity index (χ1) is 11.1. The van der Waals surface area contributed by atoms with Gasteiger partial charge < -0.3 is 10.1 Å². The van der Waals surface area contributed by atoms with Gasteiger partial charge in [-0.3, -0.25) is 4.79 Å². The fourth-order valence-electron chi connectivity index (χ4n) is 2.10. The van der Waals surface area contributed by atoms with Crippen LogP contribution in [0.15, 0.2) is 48.5 Å². The van der Waals surface area contributed by atoms with E-state index in [4.69, 9.17) is 16.3 Å². The van der Waals surface area contributed by atoms with Gasteiger partial charge in [0.2, 0.25) is 5.91 Å². The molecule has 0 spiro atoms. The summed E-state index contributed by atoms with van der Waals surface area (Å²) < 4.78 is 4.99. The van der Waals surface area contributed by atoms with Crippen LogP contribution in [0.4, 0.5) is 5.69 Å². The number of aryl methyl sites for hydroxylation is 1. The highest BCUT2D eigenvalue weighted by Gasteiger charge is 2.13. The van der Waals surface area contributed by atoms with Crippen molar-refractivity contribution < 1.29 is 14.3 Å². The van der Waals surface area contributed by atoms with Gasteiger partial charge in [-0.1, -0.05) is 35.9 Å². The third-order valence-corrected chi connectivity index (χ3v) is 3.50. The van der Waals surface area contributed by atoms with Crippen molar-refractivity contribution in [1.29, 1.82) is 0 Å². The van der Waals surface area contributed by atoms with Crippen molar-refractivity contribution in [1.82, 2.24) is 0 Å². The summed E-state index contributed by atoms with van der Waals surface area (Å²) in [5, 5.41) is 3.43. The zero-order chi connectivity index (χ0) is 16.7. The van der Waals surface area contributed by atoms with E-state index in [0.29, 0.717) is 29.1 Å². The first kappa shape index (κ1) is 17.0.